The van der Waals surface area contributed by atoms with Gasteiger partial charge in [-0.15, -0.1) is 0 Å². The lowest BCUT2D eigenvalue weighted by molar-refractivity contribution is 0.306. The monoisotopic (exact) mass is 303 g/mol. The van der Waals surface area contributed by atoms with Gasteiger partial charge in [-0.3, -0.25) is 0 Å². The molecule has 2 aromatic rings. The van der Waals surface area contributed by atoms with E-state index in [1.807, 2.05) is 36.4 Å². The van der Waals surface area contributed by atoms with Gasteiger partial charge < -0.3 is 10.1 Å². The first-order chi connectivity index (χ1) is 10.3. The quantitative estimate of drug-likeness (QED) is 0.707. The maximum atomic E-state index is 5.97. The fraction of sp³-hybridized carbons (Fsp3) is 0.333. The summed E-state index contributed by atoms with van der Waals surface area (Å²) in [6, 6.07) is 16.0. The van der Waals surface area contributed by atoms with Crippen molar-refractivity contribution in [2.24, 2.45) is 0 Å². The molecule has 0 spiro atoms. The third kappa shape index (κ3) is 5.78. The Labute approximate surface area is 132 Å². The molecule has 0 atom stereocenters. The Morgan fingerprint density at radius 2 is 1.86 bits per heavy atom. The van der Waals surface area contributed by atoms with Gasteiger partial charge in [0.15, 0.2) is 0 Å². The van der Waals surface area contributed by atoms with Crippen LogP contribution in [0.4, 0.5) is 0 Å². The first-order valence-corrected chi connectivity index (χ1v) is 7.82. The molecular formula is C18H22ClNO. The van der Waals surface area contributed by atoms with Crippen molar-refractivity contribution in [3.8, 4) is 5.75 Å². The van der Waals surface area contributed by atoms with Gasteiger partial charge in [0.1, 0.15) is 12.4 Å². The molecule has 2 rings (SSSR count). The lowest BCUT2D eigenvalue weighted by Crippen LogP contribution is -2.14. The van der Waals surface area contributed by atoms with Crippen LogP contribution in [0.3, 0.4) is 0 Å². The van der Waals surface area contributed by atoms with Crippen LogP contribution in [0.2, 0.25) is 5.02 Å². The molecule has 0 bridgehead atoms. The van der Waals surface area contributed by atoms with Crippen LogP contribution in [-0.2, 0) is 13.2 Å². The van der Waals surface area contributed by atoms with E-state index in [4.69, 9.17) is 16.3 Å². The van der Waals surface area contributed by atoms with Crippen LogP contribution in [0.1, 0.15) is 30.9 Å². The third-order valence-corrected chi connectivity index (χ3v) is 3.46. The average Bonchev–Trinajstić information content (AvgIpc) is 2.50. The molecule has 0 radical (unpaired) electrons. The van der Waals surface area contributed by atoms with Crippen LogP contribution in [-0.4, -0.2) is 6.54 Å². The van der Waals surface area contributed by atoms with Gasteiger partial charge in [0, 0.05) is 11.6 Å². The van der Waals surface area contributed by atoms with Crippen molar-refractivity contribution in [2.75, 3.05) is 6.54 Å². The molecule has 0 aliphatic heterocycles. The maximum absolute atomic E-state index is 5.97. The molecule has 1 N–H and O–H groups in total. The summed E-state index contributed by atoms with van der Waals surface area (Å²) in [5, 5.41) is 4.18. The highest BCUT2D eigenvalue weighted by Gasteiger charge is 1.99. The average molecular weight is 304 g/mol. The van der Waals surface area contributed by atoms with Crippen molar-refractivity contribution in [3.05, 3.63) is 64.7 Å². The second-order valence-corrected chi connectivity index (χ2v) is 5.53. The summed E-state index contributed by atoms with van der Waals surface area (Å²) in [6.45, 7) is 4.68. The van der Waals surface area contributed by atoms with Gasteiger partial charge in [-0.05, 0) is 48.4 Å². The van der Waals surface area contributed by atoms with E-state index in [1.165, 1.54) is 18.4 Å². The fourth-order valence-electron chi connectivity index (χ4n) is 2.07. The number of ether oxygens (including phenoxy) is 1. The molecule has 0 amide bonds. The van der Waals surface area contributed by atoms with E-state index in [9.17, 15) is 0 Å². The van der Waals surface area contributed by atoms with Crippen LogP contribution in [0.5, 0.6) is 5.75 Å². The number of halogens is 1. The first kappa shape index (κ1) is 15.9. The molecular weight excluding hydrogens is 282 g/mol. The number of hydrogen-bond acceptors (Lipinski definition) is 2. The van der Waals surface area contributed by atoms with Crippen LogP contribution in [0.25, 0.3) is 0 Å². The molecule has 2 nitrogen and oxygen atoms in total. The molecule has 0 saturated heterocycles. The highest BCUT2D eigenvalue weighted by atomic mass is 35.5. The molecule has 2 aromatic carbocycles. The van der Waals surface area contributed by atoms with E-state index >= 15 is 0 Å². The number of benzene rings is 2. The smallest absolute Gasteiger partial charge is 0.120 e. The third-order valence-electron chi connectivity index (χ3n) is 3.23. The van der Waals surface area contributed by atoms with Gasteiger partial charge in [-0.25, -0.2) is 0 Å². The van der Waals surface area contributed by atoms with E-state index in [2.05, 4.69) is 24.4 Å². The van der Waals surface area contributed by atoms with Crippen molar-refractivity contribution in [1.29, 1.82) is 0 Å². The normalized spacial score (nSPS) is 10.6. The van der Waals surface area contributed by atoms with Gasteiger partial charge in [0.2, 0.25) is 0 Å². The second kappa shape index (κ2) is 8.71. The van der Waals surface area contributed by atoms with Gasteiger partial charge in [0.25, 0.3) is 0 Å². The molecule has 112 valence electrons. The zero-order chi connectivity index (χ0) is 14.9. The van der Waals surface area contributed by atoms with Gasteiger partial charge >= 0.3 is 0 Å². The minimum atomic E-state index is 0.535. The zero-order valence-electron chi connectivity index (χ0n) is 12.4. The summed E-state index contributed by atoms with van der Waals surface area (Å²) in [6.07, 6.45) is 2.43. The van der Waals surface area contributed by atoms with E-state index in [0.717, 1.165) is 29.4 Å². The highest BCUT2D eigenvalue weighted by molar-refractivity contribution is 6.30. The van der Waals surface area contributed by atoms with E-state index in [1.54, 1.807) is 0 Å². The fourth-order valence-corrected chi connectivity index (χ4v) is 2.29. The minimum absolute atomic E-state index is 0.535. The largest absolute Gasteiger partial charge is 0.489 e. The van der Waals surface area contributed by atoms with Gasteiger partial charge in [0.05, 0.1) is 0 Å². The predicted octanol–water partition coefficient (Wildman–Crippen LogP) is 4.81. The van der Waals surface area contributed by atoms with E-state index in [0.29, 0.717) is 6.61 Å². The number of rotatable bonds is 8. The molecule has 21 heavy (non-hydrogen) atoms. The Hall–Kier alpha value is -1.51. The van der Waals surface area contributed by atoms with Gasteiger partial charge in [-0.1, -0.05) is 49.2 Å². The van der Waals surface area contributed by atoms with Crippen LogP contribution in [0, 0.1) is 0 Å². The lowest BCUT2D eigenvalue weighted by Gasteiger charge is -2.09. The molecule has 0 fully saturated rings. The van der Waals surface area contributed by atoms with Gasteiger partial charge in [-0.2, -0.15) is 0 Å². The molecule has 0 heterocycles. The SMILES string of the molecule is CCCCNCc1cccc(OCc2cccc(Cl)c2)c1. The highest BCUT2D eigenvalue weighted by Crippen LogP contribution is 2.17. The zero-order valence-corrected chi connectivity index (χ0v) is 13.2. The Morgan fingerprint density at radius 3 is 2.67 bits per heavy atom. The molecule has 3 heteroatoms. The Balaban J connectivity index is 1.86. The van der Waals surface area contributed by atoms with Crippen LogP contribution >= 0.6 is 11.6 Å². The number of hydrogen-bond donors (Lipinski definition) is 1. The summed E-state index contributed by atoms with van der Waals surface area (Å²) < 4.78 is 5.83. The Morgan fingerprint density at radius 1 is 1.05 bits per heavy atom. The molecule has 0 saturated carbocycles. The van der Waals surface area contributed by atoms with Crippen LogP contribution in [0.15, 0.2) is 48.5 Å². The van der Waals surface area contributed by atoms with Crippen LogP contribution < -0.4 is 10.1 Å². The Bertz CT molecular complexity index is 556. The number of nitrogens with one attached hydrogen (secondary N) is 1. The van der Waals surface area contributed by atoms with Crippen molar-refractivity contribution in [1.82, 2.24) is 5.32 Å². The van der Waals surface area contributed by atoms with Crippen molar-refractivity contribution in [2.45, 2.75) is 32.9 Å². The summed E-state index contributed by atoms with van der Waals surface area (Å²) in [5.41, 5.74) is 2.32. The minimum Gasteiger partial charge on any atom is -0.489 e. The van der Waals surface area contributed by atoms with Crippen molar-refractivity contribution >= 4 is 11.6 Å². The topological polar surface area (TPSA) is 21.3 Å². The second-order valence-electron chi connectivity index (χ2n) is 5.10. The summed E-state index contributed by atoms with van der Waals surface area (Å²) in [4.78, 5) is 0. The van der Waals surface area contributed by atoms with E-state index < -0.39 is 0 Å². The first-order valence-electron chi connectivity index (χ1n) is 7.45. The van der Waals surface area contributed by atoms with Crippen molar-refractivity contribution < 1.29 is 4.74 Å². The summed E-state index contributed by atoms with van der Waals surface area (Å²) in [5.74, 6) is 0.893. The predicted molar refractivity (Wildman–Crippen MR) is 88.8 cm³/mol. The summed E-state index contributed by atoms with van der Waals surface area (Å²) >= 11 is 5.97. The molecule has 0 aliphatic carbocycles. The molecule has 0 aliphatic rings. The van der Waals surface area contributed by atoms with E-state index in [-0.39, 0.29) is 0 Å². The number of unbranched alkanes of at least 4 members (excludes halogenated alkanes) is 1. The lowest BCUT2D eigenvalue weighted by atomic mass is 10.2. The van der Waals surface area contributed by atoms with Crippen molar-refractivity contribution in [3.63, 3.8) is 0 Å². The molecule has 0 aromatic heterocycles. The maximum Gasteiger partial charge on any atom is 0.120 e. The standard InChI is InChI=1S/C18H22ClNO/c1-2-3-10-20-13-15-6-5-9-18(12-15)21-14-16-7-4-8-17(19)11-16/h4-9,11-12,20H,2-3,10,13-14H2,1H3. The summed E-state index contributed by atoms with van der Waals surface area (Å²) in [7, 11) is 0. The Kier molecular flexibility index (Phi) is 6.58. The molecule has 0 unspecified atom stereocenters.